The van der Waals surface area contributed by atoms with Gasteiger partial charge in [-0.15, -0.1) is 5.10 Å². The fourth-order valence-corrected chi connectivity index (χ4v) is 2.05. The van der Waals surface area contributed by atoms with Crippen molar-refractivity contribution >= 4 is 5.82 Å². The van der Waals surface area contributed by atoms with Crippen LogP contribution in [0.25, 0.3) is 5.69 Å². The van der Waals surface area contributed by atoms with Crippen LogP contribution in [-0.2, 0) is 13.6 Å². The van der Waals surface area contributed by atoms with Gasteiger partial charge in [-0.05, 0) is 12.1 Å². The van der Waals surface area contributed by atoms with Crippen LogP contribution in [0.1, 0.15) is 5.69 Å². The molecule has 0 amide bonds. The van der Waals surface area contributed by atoms with E-state index in [1.54, 1.807) is 30.2 Å². The van der Waals surface area contributed by atoms with Gasteiger partial charge in [-0.1, -0.05) is 5.21 Å². The average Bonchev–Trinajstić information content (AvgIpc) is 3.16. The second-order valence-electron chi connectivity index (χ2n) is 4.84. The Morgan fingerprint density at radius 2 is 2.12 bits per heavy atom. The second kappa shape index (κ2) is 6.60. The van der Waals surface area contributed by atoms with Crippen molar-refractivity contribution in [1.82, 2.24) is 24.8 Å². The molecule has 3 aromatic rings. The van der Waals surface area contributed by atoms with Crippen molar-refractivity contribution in [2.24, 2.45) is 7.05 Å². The van der Waals surface area contributed by atoms with Gasteiger partial charge in [-0.2, -0.15) is 13.9 Å². The summed E-state index contributed by atoms with van der Waals surface area (Å²) in [4.78, 5) is 0. The summed E-state index contributed by atoms with van der Waals surface area (Å²) in [7, 11) is 1.79. The fraction of sp³-hybridized carbons (Fsp3) is 0.214. The van der Waals surface area contributed by atoms with Crippen molar-refractivity contribution < 1.29 is 17.9 Å². The summed E-state index contributed by atoms with van der Waals surface area (Å²) in [6, 6.07) is 5.36. The molecule has 0 radical (unpaired) electrons. The first-order valence-corrected chi connectivity index (χ1v) is 6.91. The number of hydrogen-bond donors (Lipinski definition) is 1. The Hall–Kier alpha value is -3.04. The first kappa shape index (κ1) is 15.8. The zero-order valence-corrected chi connectivity index (χ0v) is 12.5. The standard InChI is InChI=1S/C14H13F3N6O/c1-22-13(4-5-19-22)18-7-9-8-23(21-20-9)10-2-3-11(15)12(6-10)24-14(16)17/h2-6,8,14,18H,7H2,1H3. The zero-order valence-electron chi connectivity index (χ0n) is 12.5. The minimum atomic E-state index is -3.11. The first-order valence-electron chi connectivity index (χ1n) is 6.91. The van der Waals surface area contributed by atoms with Crippen LogP contribution in [0.3, 0.4) is 0 Å². The lowest BCUT2D eigenvalue weighted by molar-refractivity contribution is -0.0521. The molecule has 2 heterocycles. The molecule has 10 heteroatoms. The maximum Gasteiger partial charge on any atom is 0.387 e. The summed E-state index contributed by atoms with van der Waals surface area (Å²) in [6.07, 6.45) is 3.25. The number of rotatable bonds is 6. The zero-order chi connectivity index (χ0) is 17.1. The van der Waals surface area contributed by atoms with Crippen molar-refractivity contribution in [3.63, 3.8) is 0 Å². The molecule has 0 saturated carbocycles. The quantitative estimate of drug-likeness (QED) is 0.747. The third-order valence-electron chi connectivity index (χ3n) is 3.21. The molecule has 0 bridgehead atoms. The van der Waals surface area contributed by atoms with Crippen LogP contribution in [0.4, 0.5) is 19.0 Å². The highest BCUT2D eigenvalue weighted by Gasteiger charge is 2.12. The first-order chi connectivity index (χ1) is 11.5. The smallest absolute Gasteiger partial charge is 0.387 e. The number of hydrogen-bond acceptors (Lipinski definition) is 5. The van der Waals surface area contributed by atoms with Gasteiger partial charge in [0.05, 0.1) is 24.6 Å². The van der Waals surface area contributed by atoms with E-state index in [1.807, 2.05) is 0 Å². The van der Waals surface area contributed by atoms with E-state index < -0.39 is 18.2 Å². The lowest BCUT2D eigenvalue weighted by Gasteiger charge is -2.07. The van der Waals surface area contributed by atoms with Gasteiger partial charge in [-0.25, -0.2) is 9.07 Å². The summed E-state index contributed by atoms with van der Waals surface area (Å²) in [6.45, 7) is -2.72. The summed E-state index contributed by atoms with van der Waals surface area (Å²) >= 11 is 0. The molecule has 126 valence electrons. The molecule has 1 aromatic carbocycles. The van der Waals surface area contributed by atoms with Gasteiger partial charge in [0.25, 0.3) is 0 Å². The largest absolute Gasteiger partial charge is 0.432 e. The number of nitrogens with one attached hydrogen (secondary N) is 1. The summed E-state index contributed by atoms with van der Waals surface area (Å²) in [5.74, 6) is -0.622. The lowest BCUT2D eigenvalue weighted by atomic mass is 10.3. The van der Waals surface area contributed by atoms with Gasteiger partial charge in [0.2, 0.25) is 0 Å². The molecule has 3 rings (SSSR count). The number of ether oxygens (including phenoxy) is 1. The number of alkyl halides is 2. The van der Waals surface area contributed by atoms with E-state index >= 15 is 0 Å². The normalized spacial score (nSPS) is 11.0. The Morgan fingerprint density at radius 3 is 2.83 bits per heavy atom. The van der Waals surface area contributed by atoms with Crippen molar-refractivity contribution in [2.45, 2.75) is 13.2 Å². The summed E-state index contributed by atoms with van der Waals surface area (Å²) < 4.78 is 45.1. The molecule has 0 unspecified atom stereocenters. The minimum Gasteiger partial charge on any atom is -0.432 e. The summed E-state index contributed by atoms with van der Waals surface area (Å²) in [5, 5.41) is 15.0. The third-order valence-corrected chi connectivity index (χ3v) is 3.21. The number of aryl methyl sites for hydroxylation is 1. The molecule has 0 saturated heterocycles. The molecular formula is C14H13F3N6O. The minimum absolute atomic E-state index is 0.353. The topological polar surface area (TPSA) is 69.8 Å². The van der Waals surface area contributed by atoms with Crippen molar-refractivity contribution in [3.05, 3.63) is 48.2 Å². The highest BCUT2D eigenvalue weighted by Crippen LogP contribution is 2.22. The molecule has 0 aliphatic carbocycles. The molecule has 0 spiro atoms. The Morgan fingerprint density at radius 1 is 1.29 bits per heavy atom. The number of nitrogens with zero attached hydrogens (tertiary/aromatic N) is 5. The Kier molecular flexibility index (Phi) is 4.36. The maximum absolute atomic E-state index is 13.4. The molecule has 2 aromatic heterocycles. The van der Waals surface area contributed by atoms with Gasteiger partial charge in [0.1, 0.15) is 11.5 Å². The van der Waals surface area contributed by atoms with Gasteiger partial charge in [-0.3, -0.25) is 4.68 Å². The third kappa shape index (κ3) is 3.47. The van der Waals surface area contributed by atoms with Crippen LogP contribution in [0.5, 0.6) is 5.75 Å². The Labute approximate surface area is 134 Å². The average molecular weight is 338 g/mol. The highest BCUT2D eigenvalue weighted by atomic mass is 19.3. The van der Waals surface area contributed by atoms with E-state index in [4.69, 9.17) is 0 Å². The molecule has 0 aliphatic heterocycles. The predicted molar refractivity (Wildman–Crippen MR) is 78.5 cm³/mol. The van der Waals surface area contributed by atoms with Crippen LogP contribution < -0.4 is 10.1 Å². The van der Waals surface area contributed by atoms with Crippen LogP contribution in [0.2, 0.25) is 0 Å². The second-order valence-corrected chi connectivity index (χ2v) is 4.84. The van der Waals surface area contributed by atoms with E-state index in [1.165, 1.54) is 10.7 Å². The lowest BCUT2D eigenvalue weighted by Crippen LogP contribution is -2.05. The Balaban J connectivity index is 1.74. The maximum atomic E-state index is 13.4. The van der Waals surface area contributed by atoms with E-state index in [2.05, 4.69) is 25.5 Å². The molecule has 0 fully saturated rings. The van der Waals surface area contributed by atoms with Crippen molar-refractivity contribution in [1.29, 1.82) is 0 Å². The number of benzene rings is 1. The molecule has 0 atom stereocenters. The SMILES string of the molecule is Cn1nccc1NCc1cn(-c2ccc(F)c(OC(F)F)c2)nn1. The van der Waals surface area contributed by atoms with Gasteiger partial charge >= 0.3 is 6.61 Å². The molecule has 24 heavy (non-hydrogen) atoms. The summed E-state index contributed by atoms with van der Waals surface area (Å²) in [5.41, 5.74) is 0.961. The number of aromatic nitrogens is 5. The van der Waals surface area contributed by atoms with Crippen LogP contribution in [0, 0.1) is 5.82 Å². The molecular weight excluding hydrogens is 325 g/mol. The van der Waals surface area contributed by atoms with Crippen molar-refractivity contribution in [3.8, 4) is 11.4 Å². The monoisotopic (exact) mass is 338 g/mol. The van der Waals surface area contributed by atoms with Crippen LogP contribution in [-0.4, -0.2) is 31.4 Å². The highest BCUT2D eigenvalue weighted by molar-refractivity contribution is 5.40. The van der Waals surface area contributed by atoms with Gasteiger partial charge in [0.15, 0.2) is 11.6 Å². The Bertz CT molecular complexity index is 832. The van der Waals surface area contributed by atoms with E-state index in [-0.39, 0.29) is 0 Å². The molecule has 7 nitrogen and oxygen atoms in total. The van der Waals surface area contributed by atoms with Gasteiger partial charge in [0, 0.05) is 19.2 Å². The van der Waals surface area contributed by atoms with Crippen LogP contribution >= 0.6 is 0 Å². The van der Waals surface area contributed by atoms with Crippen LogP contribution in [0.15, 0.2) is 36.7 Å². The van der Waals surface area contributed by atoms with Crippen molar-refractivity contribution in [2.75, 3.05) is 5.32 Å². The fourth-order valence-electron chi connectivity index (χ4n) is 2.05. The van der Waals surface area contributed by atoms with E-state index in [0.717, 1.165) is 18.0 Å². The van der Waals surface area contributed by atoms with Gasteiger partial charge < -0.3 is 10.1 Å². The molecule has 0 aliphatic rings. The predicted octanol–water partition coefficient (Wildman–Crippen LogP) is 2.35. The number of anilines is 1. The number of halogens is 3. The van der Waals surface area contributed by atoms with E-state index in [9.17, 15) is 13.2 Å². The molecule has 1 N–H and O–H groups in total. The van der Waals surface area contributed by atoms with E-state index in [0.29, 0.717) is 17.9 Å².